The Labute approximate surface area is 83.0 Å². The lowest BCUT2D eigenvalue weighted by Crippen LogP contribution is -2.54. The zero-order valence-corrected chi connectivity index (χ0v) is 8.65. The number of halogens is 2. The molecule has 2 nitrogen and oxygen atoms in total. The van der Waals surface area contributed by atoms with E-state index in [0.717, 1.165) is 6.54 Å². The van der Waals surface area contributed by atoms with E-state index >= 15 is 0 Å². The third kappa shape index (κ3) is 1.91. The zero-order valence-electron chi connectivity index (χ0n) is 8.65. The summed E-state index contributed by atoms with van der Waals surface area (Å²) in [5, 5.41) is 3.26. The van der Waals surface area contributed by atoms with Crippen molar-refractivity contribution < 1.29 is 13.5 Å². The zero-order chi connectivity index (χ0) is 10.4. The second-order valence-corrected chi connectivity index (χ2v) is 4.86. The lowest BCUT2D eigenvalue weighted by molar-refractivity contribution is -0.0761. The van der Waals surface area contributed by atoms with Crippen LogP contribution >= 0.6 is 0 Å². The van der Waals surface area contributed by atoms with Crippen LogP contribution in [0.5, 0.6) is 0 Å². The third-order valence-electron chi connectivity index (χ3n) is 3.28. The number of alkyl halides is 2. The van der Waals surface area contributed by atoms with Gasteiger partial charge in [-0.2, -0.15) is 0 Å². The highest BCUT2D eigenvalue weighted by atomic mass is 19.3. The van der Waals surface area contributed by atoms with E-state index in [-0.39, 0.29) is 18.1 Å². The Hall–Kier alpha value is -0.220. The number of nitrogens with one attached hydrogen (secondary N) is 1. The van der Waals surface area contributed by atoms with Crippen LogP contribution < -0.4 is 5.32 Å². The van der Waals surface area contributed by atoms with Crippen LogP contribution in [-0.2, 0) is 4.74 Å². The Balaban J connectivity index is 1.90. The smallest absolute Gasteiger partial charge is 0.251 e. The van der Waals surface area contributed by atoms with Crippen LogP contribution in [0.2, 0.25) is 0 Å². The second kappa shape index (κ2) is 3.14. The van der Waals surface area contributed by atoms with E-state index in [1.807, 2.05) is 13.8 Å². The van der Waals surface area contributed by atoms with Crippen molar-refractivity contribution in [3.63, 3.8) is 0 Å². The maximum Gasteiger partial charge on any atom is 0.251 e. The first kappa shape index (κ1) is 10.3. The van der Waals surface area contributed by atoms with Gasteiger partial charge in [0.1, 0.15) is 0 Å². The van der Waals surface area contributed by atoms with Crippen molar-refractivity contribution in [2.45, 2.75) is 44.3 Å². The van der Waals surface area contributed by atoms with E-state index in [1.165, 1.54) is 0 Å². The monoisotopic (exact) mass is 205 g/mol. The van der Waals surface area contributed by atoms with Crippen LogP contribution in [0.3, 0.4) is 0 Å². The highest BCUT2D eigenvalue weighted by Crippen LogP contribution is 2.52. The van der Waals surface area contributed by atoms with Crippen LogP contribution in [0.1, 0.15) is 26.7 Å². The van der Waals surface area contributed by atoms with Gasteiger partial charge in [0.05, 0.1) is 12.2 Å². The molecule has 0 radical (unpaired) electrons. The second-order valence-electron chi connectivity index (χ2n) is 4.86. The van der Waals surface area contributed by atoms with E-state index in [1.54, 1.807) is 0 Å². The molecule has 0 bridgehead atoms. The van der Waals surface area contributed by atoms with Crippen LogP contribution in [0.15, 0.2) is 0 Å². The Morgan fingerprint density at radius 3 is 2.57 bits per heavy atom. The highest BCUT2D eigenvalue weighted by Gasteiger charge is 2.58. The third-order valence-corrected chi connectivity index (χ3v) is 3.28. The van der Waals surface area contributed by atoms with E-state index in [0.29, 0.717) is 13.0 Å². The number of hydrogen-bond donors (Lipinski definition) is 1. The molecule has 1 aliphatic heterocycles. The summed E-state index contributed by atoms with van der Waals surface area (Å²) < 4.78 is 31.0. The van der Waals surface area contributed by atoms with Gasteiger partial charge in [-0.15, -0.1) is 0 Å². The normalized spacial score (nSPS) is 39.4. The molecule has 4 heteroatoms. The summed E-state index contributed by atoms with van der Waals surface area (Å²) in [6.07, 6.45) is 0.585. The fourth-order valence-corrected chi connectivity index (χ4v) is 2.07. The first-order valence-corrected chi connectivity index (χ1v) is 5.17. The van der Waals surface area contributed by atoms with Crippen molar-refractivity contribution in [3.05, 3.63) is 0 Å². The van der Waals surface area contributed by atoms with Gasteiger partial charge < -0.3 is 10.1 Å². The molecular weight excluding hydrogens is 188 g/mol. The average molecular weight is 205 g/mol. The van der Waals surface area contributed by atoms with Gasteiger partial charge in [0.25, 0.3) is 5.92 Å². The van der Waals surface area contributed by atoms with E-state index in [2.05, 4.69) is 5.32 Å². The van der Waals surface area contributed by atoms with Crippen molar-refractivity contribution in [3.8, 4) is 0 Å². The first-order valence-electron chi connectivity index (χ1n) is 5.17. The van der Waals surface area contributed by atoms with Crippen LogP contribution in [0, 0.1) is 5.92 Å². The van der Waals surface area contributed by atoms with Crippen molar-refractivity contribution in [1.29, 1.82) is 0 Å². The molecule has 2 rings (SSSR count). The minimum Gasteiger partial charge on any atom is -0.373 e. The molecular formula is C10H17F2NO. The molecule has 0 spiro atoms. The Kier molecular flexibility index (Phi) is 2.31. The maximum atomic E-state index is 12.7. The van der Waals surface area contributed by atoms with Gasteiger partial charge in [-0.25, -0.2) is 8.78 Å². The van der Waals surface area contributed by atoms with Gasteiger partial charge in [0.2, 0.25) is 0 Å². The van der Waals surface area contributed by atoms with Crippen molar-refractivity contribution >= 4 is 0 Å². The van der Waals surface area contributed by atoms with Crippen LogP contribution in [-0.4, -0.2) is 30.7 Å². The first-order chi connectivity index (χ1) is 6.42. The summed E-state index contributed by atoms with van der Waals surface area (Å²) in [6.45, 7) is 5.37. The predicted molar refractivity (Wildman–Crippen MR) is 49.5 cm³/mol. The van der Waals surface area contributed by atoms with Crippen LogP contribution in [0.4, 0.5) is 8.78 Å². The lowest BCUT2D eigenvalue weighted by Gasteiger charge is -2.39. The van der Waals surface area contributed by atoms with Crippen molar-refractivity contribution in [2.75, 3.05) is 13.2 Å². The molecule has 1 heterocycles. The average Bonchev–Trinajstić information content (AvgIpc) is 2.63. The fourth-order valence-electron chi connectivity index (χ4n) is 2.07. The van der Waals surface area contributed by atoms with Gasteiger partial charge in [-0.1, -0.05) is 0 Å². The summed E-state index contributed by atoms with van der Waals surface area (Å²) in [4.78, 5) is 0. The maximum absolute atomic E-state index is 12.7. The number of rotatable bonds is 2. The summed E-state index contributed by atoms with van der Waals surface area (Å²) in [5.41, 5.74) is -0.309. The minimum absolute atomic E-state index is 0.0568. The molecule has 1 saturated carbocycles. The minimum atomic E-state index is -2.41. The molecule has 1 saturated heterocycles. The molecule has 1 N–H and O–H groups in total. The van der Waals surface area contributed by atoms with Gasteiger partial charge in [0, 0.05) is 24.9 Å². The molecule has 1 aliphatic carbocycles. The molecule has 0 aromatic heterocycles. The van der Waals surface area contributed by atoms with Crippen molar-refractivity contribution in [2.24, 2.45) is 5.92 Å². The summed E-state index contributed by atoms with van der Waals surface area (Å²) in [5.74, 6) is -2.84. The van der Waals surface area contributed by atoms with Gasteiger partial charge >= 0.3 is 0 Å². The van der Waals surface area contributed by atoms with E-state index in [4.69, 9.17) is 4.74 Å². The molecule has 2 unspecified atom stereocenters. The lowest BCUT2D eigenvalue weighted by atomic mass is 9.92. The molecule has 14 heavy (non-hydrogen) atoms. The quantitative estimate of drug-likeness (QED) is 0.742. The Bertz CT molecular complexity index is 230. The SMILES string of the molecule is CC1(C)OCCNC1CC1CC1(F)F. The summed E-state index contributed by atoms with van der Waals surface area (Å²) in [7, 11) is 0. The van der Waals surface area contributed by atoms with E-state index < -0.39 is 11.8 Å². The Morgan fingerprint density at radius 1 is 1.43 bits per heavy atom. The number of morpholine rings is 1. The molecule has 2 fully saturated rings. The Morgan fingerprint density at radius 2 is 2.07 bits per heavy atom. The molecule has 2 aliphatic rings. The molecule has 0 aromatic carbocycles. The summed E-state index contributed by atoms with van der Waals surface area (Å²) >= 11 is 0. The topological polar surface area (TPSA) is 21.3 Å². The van der Waals surface area contributed by atoms with Gasteiger partial charge in [-0.05, 0) is 20.3 Å². The van der Waals surface area contributed by atoms with E-state index in [9.17, 15) is 8.78 Å². The summed E-state index contributed by atoms with van der Waals surface area (Å²) in [6, 6.07) is 0.0645. The van der Waals surface area contributed by atoms with Crippen molar-refractivity contribution in [1.82, 2.24) is 5.32 Å². The number of ether oxygens (including phenoxy) is 1. The fraction of sp³-hybridized carbons (Fsp3) is 1.00. The van der Waals surface area contributed by atoms with Crippen LogP contribution in [0.25, 0.3) is 0 Å². The molecule has 2 atom stereocenters. The predicted octanol–water partition coefficient (Wildman–Crippen LogP) is 1.80. The highest BCUT2D eigenvalue weighted by molar-refractivity contribution is 5.01. The molecule has 82 valence electrons. The number of hydrogen-bond acceptors (Lipinski definition) is 2. The van der Waals surface area contributed by atoms with Gasteiger partial charge in [-0.3, -0.25) is 0 Å². The standard InChI is InChI=1S/C10H17F2NO/c1-9(2)8(13-3-4-14-9)5-7-6-10(7,11)12/h7-8,13H,3-6H2,1-2H3. The molecule has 0 amide bonds. The largest absolute Gasteiger partial charge is 0.373 e. The molecule has 0 aromatic rings. The van der Waals surface area contributed by atoms with Gasteiger partial charge in [0.15, 0.2) is 0 Å².